The Morgan fingerprint density at radius 3 is 3.00 bits per heavy atom. The predicted molar refractivity (Wildman–Crippen MR) is 65.5 cm³/mol. The van der Waals surface area contributed by atoms with Crippen LogP contribution in [-0.4, -0.2) is 18.1 Å². The lowest BCUT2D eigenvalue weighted by Crippen LogP contribution is -2.12. The smallest absolute Gasteiger partial charge is 0.339 e. The monoisotopic (exact) mass is 281 g/mol. The van der Waals surface area contributed by atoms with E-state index in [4.69, 9.17) is 4.74 Å². The number of ether oxygens (including phenoxy) is 1. The summed E-state index contributed by atoms with van der Waals surface area (Å²) in [5.41, 5.74) is 2.58. The maximum atomic E-state index is 11.6. The minimum absolute atomic E-state index is 0.313. The summed E-state index contributed by atoms with van der Waals surface area (Å²) < 4.78 is 5.77. The molecule has 1 heterocycles. The van der Waals surface area contributed by atoms with E-state index in [0.29, 0.717) is 11.5 Å². The van der Waals surface area contributed by atoms with Crippen LogP contribution < -0.4 is 0 Å². The van der Waals surface area contributed by atoms with Crippen molar-refractivity contribution in [1.29, 1.82) is 0 Å². The van der Waals surface area contributed by atoms with Gasteiger partial charge in [-0.15, -0.1) is 0 Å². The molecule has 84 valence electrons. The van der Waals surface area contributed by atoms with E-state index in [1.54, 1.807) is 12.4 Å². The van der Waals surface area contributed by atoms with Gasteiger partial charge in [0.1, 0.15) is 0 Å². The largest absolute Gasteiger partial charge is 0.465 e. The number of methoxy groups -OCH3 is 1. The fourth-order valence-electron chi connectivity index (χ4n) is 1.97. The molecule has 1 atom stereocenters. The van der Waals surface area contributed by atoms with Crippen molar-refractivity contribution in [2.45, 2.75) is 19.3 Å². The summed E-state index contributed by atoms with van der Waals surface area (Å²) in [7, 11) is 1.39. The fraction of sp³-hybridized carbons (Fsp3) is 0.333. The van der Waals surface area contributed by atoms with Crippen molar-refractivity contribution >= 4 is 26.4 Å². The van der Waals surface area contributed by atoms with Crippen molar-refractivity contribution < 1.29 is 9.53 Å². The Kier molecular flexibility index (Phi) is 3.10. The third-order valence-corrected chi connectivity index (χ3v) is 3.54. The second kappa shape index (κ2) is 4.37. The number of fused-ring (bicyclic) bond motifs is 1. The average Bonchev–Trinajstić information content (AvgIpc) is 2.32. The molecule has 0 N–H and O–H groups in total. The molecule has 0 aromatic carbocycles. The summed E-state index contributed by atoms with van der Waals surface area (Å²) in [6, 6.07) is 0. The third-order valence-electron chi connectivity index (χ3n) is 2.79. The number of hydrogen-bond acceptors (Lipinski definition) is 3. The molecule has 0 bridgehead atoms. The molecule has 0 amide bonds. The zero-order valence-corrected chi connectivity index (χ0v) is 10.7. The van der Waals surface area contributed by atoms with Crippen LogP contribution in [0.15, 0.2) is 18.5 Å². The first-order valence-corrected chi connectivity index (χ1v) is 5.86. The first-order valence-electron chi connectivity index (χ1n) is 5.07. The van der Waals surface area contributed by atoms with Crippen LogP contribution >= 0.6 is 15.9 Å². The van der Waals surface area contributed by atoms with Crippen molar-refractivity contribution in [3.8, 4) is 0 Å². The normalized spacial score (nSPS) is 18.7. The van der Waals surface area contributed by atoms with Crippen molar-refractivity contribution in [3.05, 3.63) is 35.2 Å². The molecule has 0 saturated carbocycles. The topological polar surface area (TPSA) is 39.2 Å². The summed E-state index contributed by atoms with van der Waals surface area (Å²) in [6.45, 7) is 2.10. The first kappa shape index (κ1) is 11.3. The van der Waals surface area contributed by atoms with E-state index in [0.717, 1.165) is 22.0 Å². The lowest BCUT2D eigenvalue weighted by atomic mass is 9.86. The Hall–Kier alpha value is -1.16. The molecule has 2 rings (SSSR count). The quantitative estimate of drug-likeness (QED) is 0.743. The molecular formula is C12H12BrNO2. The molecule has 1 aliphatic carbocycles. The molecule has 1 unspecified atom stereocenters. The van der Waals surface area contributed by atoms with E-state index >= 15 is 0 Å². The maximum absolute atomic E-state index is 11.6. The highest BCUT2D eigenvalue weighted by atomic mass is 79.9. The number of nitrogens with zero attached hydrogens (tertiary/aromatic N) is 1. The molecule has 1 aromatic heterocycles. The maximum Gasteiger partial charge on any atom is 0.339 e. The van der Waals surface area contributed by atoms with Gasteiger partial charge in [-0.2, -0.15) is 0 Å². The molecule has 0 radical (unpaired) electrons. The van der Waals surface area contributed by atoms with Crippen LogP contribution in [0, 0.1) is 0 Å². The third kappa shape index (κ3) is 1.78. The zero-order chi connectivity index (χ0) is 11.7. The number of halogens is 1. The van der Waals surface area contributed by atoms with Crippen LogP contribution in [0.2, 0.25) is 0 Å². The predicted octanol–water partition coefficient (Wildman–Crippen LogP) is 3.11. The number of carbonyl (C=O) groups is 1. The van der Waals surface area contributed by atoms with E-state index < -0.39 is 0 Å². The molecule has 16 heavy (non-hydrogen) atoms. The summed E-state index contributed by atoms with van der Waals surface area (Å²) in [6.07, 6.45) is 6.38. The summed E-state index contributed by atoms with van der Waals surface area (Å²) >= 11 is 3.49. The zero-order valence-electron chi connectivity index (χ0n) is 9.16. The Labute approximate surface area is 103 Å². The molecule has 0 saturated heterocycles. The van der Waals surface area contributed by atoms with Crippen LogP contribution in [0.4, 0.5) is 0 Å². The van der Waals surface area contributed by atoms with Crippen LogP contribution in [0.5, 0.6) is 0 Å². The van der Waals surface area contributed by atoms with Gasteiger partial charge in [0.15, 0.2) is 0 Å². The number of allylic oxidation sites excluding steroid dienone is 1. The van der Waals surface area contributed by atoms with Gasteiger partial charge in [0.2, 0.25) is 0 Å². The molecule has 1 aromatic rings. The summed E-state index contributed by atoms with van der Waals surface area (Å²) in [5, 5.41) is 0. The summed E-state index contributed by atoms with van der Waals surface area (Å²) in [5.74, 6) is -0.00759. The van der Waals surface area contributed by atoms with Crippen LogP contribution in [0.1, 0.15) is 40.7 Å². The minimum atomic E-state index is -0.321. The molecule has 4 heteroatoms. The van der Waals surface area contributed by atoms with Gasteiger partial charge in [-0.1, -0.05) is 28.9 Å². The van der Waals surface area contributed by atoms with E-state index in [1.165, 1.54) is 7.11 Å². The molecule has 1 aliphatic rings. The van der Waals surface area contributed by atoms with Gasteiger partial charge in [0.25, 0.3) is 0 Å². The number of pyridine rings is 1. The average molecular weight is 282 g/mol. The van der Waals surface area contributed by atoms with Crippen LogP contribution in [-0.2, 0) is 4.74 Å². The van der Waals surface area contributed by atoms with Gasteiger partial charge in [-0.05, 0) is 17.9 Å². The van der Waals surface area contributed by atoms with Gasteiger partial charge in [-0.3, -0.25) is 4.98 Å². The second-order valence-corrected chi connectivity index (χ2v) is 4.68. The SMILES string of the molecule is COC(=O)c1cncc2c1C(C)CC=C2Br. The van der Waals surface area contributed by atoms with Gasteiger partial charge in [0, 0.05) is 22.4 Å². The standard InChI is InChI=1S/C12H12BrNO2/c1-7-3-4-10(13)8-5-14-6-9(11(7)8)12(15)16-2/h4-7H,3H2,1-2H3. The Morgan fingerprint density at radius 1 is 1.56 bits per heavy atom. The highest BCUT2D eigenvalue weighted by molar-refractivity contribution is 9.15. The Balaban J connectivity index is 2.62. The minimum Gasteiger partial charge on any atom is -0.465 e. The Bertz CT molecular complexity index is 468. The number of esters is 1. The lowest BCUT2D eigenvalue weighted by molar-refractivity contribution is 0.0598. The van der Waals surface area contributed by atoms with Gasteiger partial charge in [0.05, 0.1) is 12.7 Å². The Morgan fingerprint density at radius 2 is 2.31 bits per heavy atom. The molecule has 0 fully saturated rings. The van der Waals surface area contributed by atoms with E-state index in [-0.39, 0.29) is 5.97 Å². The number of aromatic nitrogens is 1. The lowest BCUT2D eigenvalue weighted by Gasteiger charge is -2.22. The van der Waals surface area contributed by atoms with Gasteiger partial charge < -0.3 is 4.74 Å². The number of carbonyl (C=O) groups excluding carboxylic acids is 1. The molecular weight excluding hydrogens is 270 g/mol. The highest BCUT2D eigenvalue weighted by Crippen LogP contribution is 2.38. The van der Waals surface area contributed by atoms with Crippen LogP contribution in [0.3, 0.4) is 0 Å². The van der Waals surface area contributed by atoms with Crippen LogP contribution in [0.25, 0.3) is 4.48 Å². The fourth-order valence-corrected chi connectivity index (χ4v) is 2.48. The van der Waals surface area contributed by atoms with E-state index in [1.807, 2.05) is 0 Å². The highest BCUT2D eigenvalue weighted by Gasteiger charge is 2.24. The molecule has 0 aliphatic heterocycles. The summed E-state index contributed by atoms with van der Waals surface area (Å²) in [4.78, 5) is 15.7. The van der Waals surface area contributed by atoms with Gasteiger partial charge in [-0.25, -0.2) is 4.79 Å². The van der Waals surface area contributed by atoms with E-state index in [2.05, 4.69) is 33.9 Å². The van der Waals surface area contributed by atoms with Crippen molar-refractivity contribution in [2.24, 2.45) is 0 Å². The van der Waals surface area contributed by atoms with Crippen molar-refractivity contribution in [3.63, 3.8) is 0 Å². The van der Waals surface area contributed by atoms with E-state index in [9.17, 15) is 4.79 Å². The number of rotatable bonds is 1. The molecule has 3 nitrogen and oxygen atoms in total. The van der Waals surface area contributed by atoms with Gasteiger partial charge >= 0.3 is 5.97 Å². The first-order chi connectivity index (χ1) is 7.65. The molecule has 0 spiro atoms. The second-order valence-electron chi connectivity index (χ2n) is 3.83. The number of hydrogen-bond donors (Lipinski definition) is 0. The van der Waals surface area contributed by atoms with Crippen molar-refractivity contribution in [2.75, 3.05) is 7.11 Å². The van der Waals surface area contributed by atoms with Crippen molar-refractivity contribution in [1.82, 2.24) is 4.98 Å².